The zero-order valence-corrected chi connectivity index (χ0v) is 12.5. The van der Waals surface area contributed by atoms with Crippen molar-refractivity contribution in [1.29, 1.82) is 0 Å². The van der Waals surface area contributed by atoms with Gasteiger partial charge in [-0.25, -0.2) is 0 Å². The molecule has 1 aliphatic rings. The summed E-state index contributed by atoms with van der Waals surface area (Å²) < 4.78 is 0. The topological polar surface area (TPSA) is 3.24 Å². The molecule has 2 heteroatoms. The van der Waals surface area contributed by atoms with Gasteiger partial charge in [-0.05, 0) is 44.1 Å². The predicted octanol–water partition coefficient (Wildman–Crippen LogP) is 3.91. The van der Waals surface area contributed by atoms with Crippen LogP contribution in [0.3, 0.4) is 0 Å². The lowest BCUT2D eigenvalue weighted by atomic mass is 9.93. The zero-order valence-electron chi connectivity index (χ0n) is 11.4. The third-order valence-corrected chi connectivity index (χ3v) is 4.02. The summed E-state index contributed by atoms with van der Waals surface area (Å²) >= 11 is 0. The fourth-order valence-corrected chi connectivity index (χ4v) is 2.83. The van der Waals surface area contributed by atoms with Crippen molar-refractivity contribution in [3.63, 3.8) is 0 Å². The lowest BCUT2D eigenvalue weighted by Crippen LogP contribution is -2.33. The number of hydrogen-bond donors (Lipinski definition) is 0. The van der Waals surface area contributed by atoms with Gasteiger partial charge in [-0.1, -0.05) is 32.7 Å². The molecule has 1 heterocycles. The Bertz CT molecular complexity index is 235. The molecule has 0 bridgehead atoms. The van der Waals surface area contributed by atoms with Gasteiger partial charge in [0.15, 0.2) is 0 Å². The van der Waals surface area contributed by atoms with Crippen LogP contribution in [0.4, 0.5) is 0 Å². The third-order valence-electron chi connectivity index (χ3n) is 3.75. The highest BCUT2D eigenvalue weighted by molar-refractivity contribution is 7.20. The van der Waals surface area contributed by atoms with Gasteiger partial charge in [-0.15, -0.1) is 9.24 Å². The van der Waals surface area contributed by atoms with Crippen LogP contribution in [0.25, 0.3) is 0 Å². The molecule has 0 radical (unpaired) electrons. The van der Waals surface area contributed by atoms with E-state index in [9.17, 15) is 0 Å². The summed E-state index contributed by atoms with van der Waals surface area (Å²) in [7, 11) is 2.65. The van der Waals surface area contributed by atoms with Crippen molar-refractivity contribution in [3.8, 4) is 0 Å². The lowest BCUT2D eigenvalue weighted by Gasteiger charge is -2.28. The average molecular weight is 241 g/mol. The van der Waals surface area contributed by atoms with E-state index in [-0.39, 0.29) is 0 Å². The highest BCUT2D eigenvalue weighted by Crippen LogP contribution is 2.31. The summed E-state index contributed by atoms with van der Waals surface area (Å²) in [6.07, 6.45) is 6.16. The van der Waals surface area contributed by atoms with Gasteiger partial charge in [-0.2, -0.15) is 0 Å². The SMILES string of the molecule is CC(C/C=C\P)CC(C)N1CCC(C)(C)C1. The summed E-state index contributed by atoms with van der Waals surface area (Å²) in [5.74, 6) is 2.88. The molecule has 94 valence electrons. The maximum Gasteiger partial charge on any atom is 0.00698 e. The van der Waals surface area contributed by atoms with E-state index in [0.717, 1.165) is 12.0 Å². The summed E-state index contributed by atoms with van der Waals surface area (Å²) in [5.41, 5.74) is 0.539. The van der Waals surface area contributed by atoms with E-state index in [4.69, 9.17) is 0 Å². The summed E-state index contributed by atoms with van der Waals surface area (Å²) in [4.78, 5) is 2.67. The molecule has 1 nitrogen and oxygen atoms in total. The second kappa shape index (κ2) is 6.17. The summed E-state index contributed by atoms with van der Waals surface area (Å²) in [5, 5.41) is 0. The maximum absolute atomic E-state index is 2.67. The fraction of sp³-hybridized carbons (Fsp3) is 0.857. The van der Waals surface area contributed by atoms with Gasteiger partial charge in [0.2, 0.25) is 0 Å². The van der Waals surface area contributed by atoms with Crippen LogP contribution in [0, 0.1) is 11.3 Å². The molecule has 0 amide bonds. The largest absolute Gasteiger partial charge is 0.300 e. The number of nitrogens with zero attached hydrogens (tertiary/aromatic N) is 1. The van der Waals surface area contributed by atoms with Crippen LogP contribution in [0.1, 0.15) is 47.0 Å². The molecule has 0 aliphatic carbocycles. The average Bonchev–Trinajstić information content (AvgIpc) is 2.56. The van der Waals surface area contributed by atoms with Crippen LogP contribution < -0.4 is 0 Å². The molecule has 0 N–H and O–H groups in total. The second-order valence-electron chi connectivity index (χ2n) is 6.24. The van der Waals surface area contributed by atoms with Gasteiger partial charge in [0, 0.05) is 12.6 Å². The zero-order chi connectivity index (χ0) is 12.2. The number of likely N-dealkylation sites (tertiary alicyclic amines) is 1. The molecule has 0 aromatic heterocycles. The van der Waals surface area contributed by atoms with E-state index in [0.29, 0.717) is 5.41 Å². The minimum atomic E-state index is 0.539. The van der Waals surface area contributed by atoms with Crippen LogP contribution in [0.5, 0.6) is 0 Å². The van der Waals surface area contributed by atoms with E-state index >= 15 is 0 Å². The molecule has 3 atom stereocenters. The first-order valence-electron chi connectivity index (χ1n) is 6.55. The Kier molecular flexibility index (Phi) is 5.47. The van der Waals surface area contributed by atoms with Gasteiger partial charge in [0.05, 0.1) is 0 Å². The first-order valence-corrected chi connectivity index (χ1v) is 7.22. The van der Waals surface area contributed by atoms with E-state index in [1.165, 1.54) is 32.4 Å². The molecule has 1 fully saturated rings. The van der Waals surface area contributed by atoms with Crippen molar-refractivity contribution in [3.05, 3.63) is 11.9 Å². The van der Waals surface area contributed by atoms with Gasteiger partial charge in [0.25, 0.3) is 0 Å². The highest BCUT2D eigenvalue weighted by atomic mass is 31.0. The normalized spacial score (nSPS) is 25.1. The van der Waals surface area contributed by atoms with Crippen molar-refractivity contribution < 1.29 is 0 Å². The van der Waals surface area contributed by atoms with Gasteiger partial charge < -0.3 is 4.90 Å². The Morgan fingerprint density at radius 3 is 2.56 bits per heavy atom. The Morgan fingerprint density at radius 2 is 2.06 bits per heavy atom. The Labute approximate surface area is 104 Å². The summed E-state index contributed by atoms with van der Waals surface area (Å²) in [6, 6.07) is 0.745. The smallest absolute Gasteiger partial charge is 0.00698 e. The minimum absolute atomic E-state index is 0.539. The van der Waals surface area contributed by atoms with Gasteiger partial charge >= 0.3 is 0 Å². The van der Waals surface area contributed by atoms with Crippen molar-refractivity contribution in [2.45, 2.75) is 53.0 Å². The van der Waals surface area contributed by atoms with Crippen molar-refractivity contribution in [2.24, 2.45) is 11.3 Å². The van der Waals surface area contributed by atoms with Crippen LogP contribution in [0.15, 0.2) is 11.9 Å². The number of rotatable bonds is 5. The molecule has 0 aromatic rings. The van der Waals surface area contributed by atoms with Gasteiger partial charge in [0.1, 0.15) is 0 Å². The minimum Gasteiger partial charge on any atom is -0.300 e. The first-order chi connectivity index (χ1) is 7.44. The highest BCUT2D eigenvalue weighted by Gasteiger charge is 2.31. The van der Waals surface area contributed by atoms with E-state index in [1.54, 1.807) is 0 Å². The second-order valence-corrected chi connectivity index (χ2v) is 6.62. The Balaban J connectivity index is 2.32. The molecular weight excluding hydrogens is 213 g/mol. The van der Waals surface area contributed by atoms with Crippen LogP contribution in [-0.2, 0) is 0 Å². The van der Waals surface area contributed by atoms with Crippen molar-refractivity contribution in [1.82, 2.24) is 4.90 Å². The molecule has 0 saturated carbocycles. The maximum atomic E-state index is 2.67. The van der Waals surface area contributed by atoms with Crippen molar-refractivity contribution >= 4 is 9.24 Å². The molecule has 16 heavy (non-hydrogen) atoms. The molecule has 3 unspecified atom stereocenters. The molecule has 1 saturated heterocycles. The standard InChI is InChI=1S/C14H28NP/c1-12(6-5-9-16)10-13(2)15-8-7-14(3,4)11-15/h5,9,12-13H,6-8,10-11,16H2,1-4H3/b9-5-. The molecule has 1 aliphatic heterocycles. The van der Waals surface area contributed by atoms with Crippen molar-refractivity contribution in [2.75, 3.05) is 13.1 Å². The van der Waals surface area contributed by atoms with Crippen LogP contribution >= 0.6 is 9.24 Å². The van der Waals surface area contributed by atoms with E-state index < -0.39 is 0 Å². The molecule has 1 rings (SSSR count). The predicted molar refractivity (Wildman–Crippen MR) is 76.7 cm³/mol. The van der Waals surface area contributed by atoms with E-state index in [1.807, 2.05) is 0 Å². The first kappa shape index (κ1) is 14.2. The van der Waals surface area contributed by atoms with Crippen LogP contribution in [0.2, 0.25) is 0 Å². The third kappa shape index (κ3) is 4.55. The van der Waals surface area contributed by atoms with E-state index in [2.05, 4.69) is 53.7 Å². The number of allylic oxidation sites excluding steroid dienone is 1. The summed E-state index contributed by atoms with van der Waals surface area (Å²) in [6.45, 7) is 12.1. The number of hydrogen-bond acceptors (Lipinski definition) is 1. The monoisotopic (exact) mass is 241 g/mol. The molecule has 0 spiro atoms. The quantitative estimate of drug-likeness (QED) is 0.660. The molecular formula is C14H28NP. The lowest BCUT2D eigenvalue weighted by molar-refractivity contribution is 0.203. The van der Waals surface area contributed by atoms with Crippen LogP contribution in [-0.4, -0.2) is 24.0 Å². The Hall–Kier alpha value is 0.130. The molecule has 0 aromatic carbocycles. The Morgan fingerprint density at radius 1 is 1.38 bits per heavy atom. The van der Waals surface area contributed by atoms with Gasteiger partial charge in [-0.3, -0.25) is 0 Å². The fourth-order valence-electron chi connectivity index (χ4n) is 2.67.